The molecule has 1 atom stereocenters. The molecule has 5 heteroatoms. The molecule has 122 valence electrons. The van der Waals surface area contributed by atoms with Crippen LogP contribution in [0.1, 0.15) is 15.9 Å². The predicted octanol–water partition coefficient (Wildman–Crippen LogP) is 2.84. The van der Waals surface area contributed by atoms with Crippen LogP contribution in [-0.2, 0) is 11.2 Å². The van der Waals surface area contributed by atoms with E-state index < -0.39 is 11.9 Å². The van der Waals surface area contributed by atoms with Gasteiger partial charge in [-0.05, 0) is 36.2 Å². The van der Waals surface area contributed by atoms with Crippen LogP contribution in [0.3, 0.4) is 0 Å². The molecule has 0 fully saturated rings. The van der Waals surface area contributed by atoms with Crippen LogP contribution in [0.15, 0.2) is 60.8 Å². The summed E-state index contributed by atoms with van der Waals surface area (Å²) in [5.41, 5.74) is 2.41. The summed E-state index contributed by atoms with van der Waals surface area (Å²) in [4.78, 5) is 26.8. The molecule has 0 radical (unpaired) electrons. The largest absolute Gasteiger partial charge is 0.481 e. The fourth-order valence-corrected chi connectivity index (χ4v) is 2.66. The smallest absolute Gasteiger partial charge is 0.308 e. The van der Waals surface area contributed by atoms with Gasteiger partial charge in [-0.25, -0.2) is 0 Å². The maximum absolute atomic E-state index is 12.3. The monoisotopic (exact) mass is 322 g/mol. The number of carboxylic acids is 1. The molecule has 1 amide bonds. The van der Waals surface area contributed by atoms with E-state index in [9.17, 15) is 14.7 Å². The number of amides is 1. The maximum atomic E-state index is 12.3. The summed E-state index contributed by atoms with van der Waals surface area (Å²) in [5.74, 6) is -1.84. The van der Waals surface area contributed by atoms with E-state index in [1.54, 1.807) is 12.1 Å². The molecule has 1 heterocycles. The highest BCUT2D eigenvalue weighted by atomic mass is 16.4. The van der Waals surface area contributed by atoms with Crippen LogP contribution in [0.2, 0.25) is 0 Å². The van der Waals surface area contributed by atoms with Gasteiger partial charge in [0.25, 0.3) is 5.91 Å². The Morgan fingerprint density at radius 2 is 1.88 bits per heavy atom. The summed E-state index contributed by atoms with van der Waals surface area (Å²) in [6, 6.07) is 16.6. The number of aromatic amines is 1. The van der Waals surface area contributed by atoms with Crippen molar-refractivity contribution >= 4 is 22.8 Å². The Labute approximate surface area is 139 Å². The Kier molecular flexibility index (Phi) is 4.61. The molecular weight excluding hydrogens is 304 g/mol. The molecule has 3 aromatic rings. The Balaban J connectivity index is 1.65. The van der Waals surface area contributed by atoms with Gasteiger partial charge in [-0.15, -0.1) is 0 Å². The maximum Gasteiger partial charge on any atom is 0.308 e. The van der Waals surface area contributed by atoms with Gasteiger partial charge in [0.15, 0.2) is 0 Å². The molecule has 24 heavy (non-hydrogen) atoms. The number of carboxylic acid groups (broad SMARTS) is 1. The van der Waals surface area contributed by atoms with Crippen molar-refractivity contribution in [3.05, 3.63) is 71.9 Å². The van der Waals surface area contributed by atoms with Gasteiger partial charge in [0.2, 0.25) is 0 Å². The number of aliphatic carboxylic acids is 1. The van der Waals surface area contributed by atoms with Crippen LogP contribution >= 0.6 is 0 Å². The van der Waals surface area contributed by atoms with Crippen molar-refractivity contribution in [2.45, 2.75) is 6.42 Å². The number of hydrogen-bond donors (Lipinski definition) is 3. The van der Waals surface area contributed by atoms with E-state index in [0.717, 1.165) is 16.5 Å². The minimum Gasteiger partial charge on any atom is -0.481 e. The lowest BCUT2D eigenvalue weighted by molar-refractivity contribution is -0.141. The normalized spacial score (nSPS) is 12.0. The number of carbonyl (C=O) groups is 2. The predicted molar refractivity (Wildman–Crippen MR) is 91.9 cm³/mol. The standard InChI is InChI=1S/C19H18N2O3/c22-18(15-6-7-17-14(11-15)8-9-20-17)21-12-16(19(23)24)10-13-4-2-1-3-5-13/h1-9,11,16,20H,10,12H2,(H,21,22)(H,23,24). The van der Waals surface area contributed by atoms with Gasteiger partial charge in [-0.2, -0.15) is 0 Å². The molecule has 0 saturated heterocycles. The van der Waals surface area contributed by atoms with Gasteiger partial charge >= 0.3 is 5.97 Å². The fraction of sp³-hybridized carbons (Fsp3) is 0.158. The van der Waals surface area contributed by atoms with Crippen molar-refractivity contribution in [3.8, 4) is 0 Å². The molecular formula is C19H18N2O3. The minimum atomic E-state index is -0.916. The first-order valence-corrected chi connectivity index (χ1v) is 7.75. The third kappa shape index (κ3) is 3.63. The average molecular weight is 322 g/mol. The molecule has 0 aliphatic carbocycles. The number of nitrogens with one attached hydrogen (secondary N) is 2. The van der Waals surface area contributed by atoms with Crippen molar-refractivity contribution in [2.75, 3.05) is 6.54 Å². The Morgan fingerprint density at radius 1 is 1.08 bits per heavy atom. The van der Waals surface area contributed by atoms with Crippen molar-refractivity contribution in [3.63, 3.8) is 0 Å². The second kappa shape index (κ2) is 7.00. The summed E-state index contributed by atoms with van der Waals surface area (Å²) >= 11 is 0. The fourth-order valence-electron chi connectivity index (χ4n) is 2.66. The lowest BCUT2D eigenvalue weighted by Gasteiger charge is -2.13. The highest BCUT2D eigenvalue weighted by Gasteiger charge is 2.19. The van der Waals surface area contributed by atoms with Gasteiger partial charge in [0, 0.05) is 29.2 Å². The van der Waals surface area contributed by atoms with Crippen LogP contribution in [-0.4, -0.2) is 28.5 Å². The number of H-pyrrole nitrogens is 1. The quantitative estimate of drug-likeness (QED) is 0.652. The number of benzene rings is 2. The van der Waals surface area contributed by atoms with Crippen molar-refractivity contribution in [1.29, 1.82) is 0 Å². The number of hydrogen-bond acceptors (Lipinski definition) is 2. The average Bonchev–Trinajstić information content (AvgIpc) is 3.06. The van der Waals surface area contributed by atoms with E-state index in [1.165, 1.54) is 0 Å². The van der Waals surface area contributed by atoms with Gasteiger partial charge in [-0.1, -0.05) is 30.3 Å². The van der Waals surface area contributed by atoms with Crippen LogP contribution in [0.5, 0.6) is 0 Å². The molecule has 5 nitrogen and oxygen atoms in total. The Hall–Kier alpha value is -3.08. The van der Waals surface area contributed by atoms with Crippen LogP contribution in [0.4, 0.5) is 0 Å². The zero-order valence-electron chi connectivity index (χ0n) is 13.0. The van der Waals surface area contributed by atoms with E-state index in [-0.39, 0.29) is 12.5 Å². The topological polar surface area (TPSA) is 82.2 Å². The lowest BCUT2D eigenvalue weighted by Crippen LogP contribution is -2.34. The minimum absolute atomic E-state index is 0.0915. The van der Waals surface area contributed by atoms with Crippen molar-refractivity contribution in [2.24, 2.45) is 5.92 Å². The van der Waals surface area contributed by atoms with Gasteiger partial charge in [0.05, 0.1) is 5.92 Å². The molecule has 1 aromatic heterocycles. The third-order valence-electron chi connectivity index (χ3n) is 4.00. The van der Waals surface area contributed by atoms with E-state index in [0.29, 0.717) is 12.0 Å². The van der Waals surface area contributed by atoms with Gasteiger partial charge < -0.3 is 15.4 Å². The Morgan fingerprint density at radius 3 is 2.62 bits per heavy atom. The lowest BCUT2D eigenvalue weighted by atomic mass is 9.99. The molecule has 0 aliphatic rings. The van der Waals surface area contributed by atoms with Crippen LogP contribution < -0.4 is 5.32 Å². The summed E-state index contributed by atoms with van der Waals surface area (Å²) in [6.45, 7) is 0.0915. The first-order chi connectivity index (χ1) is 11.6. The zero-order chi connectivity index (χ0) is 16.9. The number of rotatable bonds is 6. The summed E-state index contributed by atoms with van der Waals surface area (Å²) in [5, 5.41) is 13.0. The molecule has 3 rings (SSSR count). The zero-order valence-corrected chi connectivity index (χ0v) is 13.0. The third-order valence-corrected chi connectivity index (χ3v) is 4.00. The molecule has 0 aliphatic heterocycles. The van der Waals surface area contributed by atoms with Gasteiger partial charge in [-0.3, -0.25) is 9.59 Å². The van der Waals surface area contributed by atoms with E-state index in [4.69, 9.17) is 0 Å². The van der Waals surface area contributed by atoms with Crippen LogP contribution in [0.25, 0.3) is 10.9 Å². The summed E-state index contributed by atoms with van der Waals surface area (Å²) < 4.78 is 0. The van der Waals surface area contributed by atoms with Crippen molar-refractivity contribution < 1.29 is 14.7 Å². The summed E-state index contributed by atoms with van der Waals surface area (Å²) in [7, 11) is 0. The SMILES string of the molecule is O=C(NCC(Cc1ccccc1)C(=O)O)c1ccc2[nH]ccc2c1. The van der Waals surface area contributed by atoms with Crippen LogP contribution in [0, 0.1) is 5.92 Å². The number of aromatic nitrogens is 1. The van der Waals surface area contributed by atoms with E-state index in [2.05, 4.69) is 10.3 Å². The summed E-state index contributed by atoms with van der Waals surface area (Å²) in [6.07, 6.45) is 2.19. The number of fused-ring (bicyclic) bond motifs is 1. The first kappa shape index (κ1) is 15.8. The highest BCUT2D eigenvalue weighted by molar-refractivity contribution is 5.98. The van der Waals surface area contributed by atoms with E-state index in [1.807, 2.05) is 48.7 Å². The number of carbonyl (C=O) groups excluding carboxylic acids is 1. The molecule has 2 aromatic carbocycles. The second-order valence-corrected chi connectivity index (χ2v) is 5.71. The molecule has 0 saturated carbocycles. The Bertz CT molecular complexity index is 855. The second-order valence-electron chi connectivity index (χ2n) is 5.71. The van der Waals surface area contributed by atoms with Crippen molar-refractivity contribution in [1.82, 2.24) is 10.3 Å². The molecule has 0 spiro atoms. The van der Waals surface area contributed by atoms with E-state index >= 15 is 0 Å². The molecule has 1 unspecified atom stereocenters. The van der Waals surface area contributed by atoms with Gasteiger partial charge in [0.1, 0.15) is 0 Å². The highest BCUT2D eigenvalue weighted by Crippen LogP contribution is 2.14. The molecule has 0 bridgehead atoms. The molecule has 3 N–H and O–H groups in total. The first-order valence-electron chi connectivity index (χ1n) is 7.75.